The quantitative estimate of drug-likeness (QED) is 0.778. The Morgan fingerprint density at radius 2 is 1.95 bits per heavy atom. The molecule has 0 N–H and O–H groups in total. The summed E-state index contributed by atoms with van der Waals surface area (Å²) in [6.45, 7) is 0.171. The molecule has 0 radical (unpaired) electrons. The first-order chi connectivity index (χ1) is 9.94. The van der Waals surface area contributed by atoms with Crippen molar-refractivity contribution < 1.29 is 13.6 Å². The fourth-order valence-corrected chi connectivity index (χ4v) is 2.82. The number of amides is 1. The van der Waals surface area contributed by atoms with Crippen LogP contribution in [0.2, 0.25) is 0 Å². The Kier molecular flexibility index (Phi) is 3.65. The van der Waals surface area contributed by atoms with Crippen molar-refractivity contribution >= 4 is 32.7 Å². The summed E-state index contributed by atoms with van der Waals surface area (Å²) in [5.74, 6) is -2.89. The predicted molar refractivity (Wildman–Crippen MR) is 79.5 cm³/mol. The van der Waals surface area contributed by atoms with Crippen LogP contribution < -0.4 is 0 Å². The van der Waals surface area contributed by atoms with Gasteiger partial charge in [0.25, 0.3) is 11.8 Å². The molecule has 0 aliphatic carbocycles. The lowest BCUT2D eigenvalue weighted by atomic mass is 10.1. The number of hydrogen-bond donors (Lipinski definition) is 0. The van der Waals surface area contributed by atoms with Gasteiger partial charge in [0.1, 0.15) is 0 Å². The van der Waals surface area contributed by atoms with E-state index in [9.17, 15) is 13.6 Å². The van der Waals surface area contributed by atoms with Gasteiger partial charge in [-0.25, -0.2) is 8.78 Å². The predicted octanol–water partition coefficient (Wildman–Crippen LogP) is 3.87. The summed E-state index contributed by atoms with van der Waals surface area (Å²) in [5.41, 5.74) is 1.23. The van der Waals surface area contributed by atoms with Crippen LogP contribution in [0.15, 0.2) is 34.9 Å². The van der Waals surface area contributed by atoms with Crippen molar-refractivity contribution in [1.82, 2.24) is 9.88 Å². The Bertz CT molecular complexity index is 695. The highest BCUT2D eigenvalue weighted by molar-refractivity contribution is 9.10. The van der Waals surface area contributed by atoms with Crippen LogP contribution in [0.3, 0.4) is 0 Å². The molecule has 0 atom stereocenters. The second-order valence-electron chi connectivity index (χ2n) is 5.21. The van der Waals surface area contributed by atoms with Crippen molar-refractivity contribution in [3.05, 3.63) is 40.5 Å². The maximum Gasteiger partial charge on any atom is 0.255 e. The number of carbonyl (C=O) groups excluding carboxylic acids is 1. The van der Waals surface area contributed by atoms with Gasteiger partial charge in [0.15, 0.2) is 0 Å². The van der Waals surface area contributed by atoms with E-state index in [1.807, 2.05) is 18.2 Å². The number of hydrogen-bond acceptors (Lipinski definition) is 2. The molecule has 1 aromatic carbocycles. The van der Waals surface area contributed by atoms with Gasteiger partial charge in [0, 0.05) is 42.0 Å². The van der Waals surface area contributed by atoms with Crippen LogP contribution in [-0.4, -0.2) is 34.8 Å². The molecule has 0 spiro atoms. The molecule has 2 aromatic rings. The average Bonchev–Trinajstić information content (AvgIpc) is 2.45. The first kappa shape index (κ1) is 14.4. The van der Waals surface area contributed by atoms with Gasteiger partial charge in [-0.2, -0.15) is 0 Å². The van der Waals surface area contributed by atoms with E-state index in [1.165, 1.54) is 11.1 Å². The monoisotopic (exact) mass is 354 g/mol. The topological polar surface area (TPSA) is 33.2 Å². The first-order valence-corrected chi connectivity index (χ1v) is 7.46. The van der Waals surface area contributed by atoms with Crippen LogP contribution in [0.1, 0.15) is 23.2 Å². The molecule has 2 heterocycles. The van der Waals surface area contributed by atoms with Gasteiger partial charge in [-0.15, -0.1) is 0 Å². The summed E-state index contributed by atoms with van der Waals surface area (Å²) in [5, 5.41) is 0.845. The smallest absolute Gasteiger partial charge is 0.255 e. The van der Waals surface area contributed by atoms with Crippen molar-refractivity contribution in [2.24, 2.45) is 0 Å². The van der Waals surface area contributed by atoms with E-state index in [-0.39, 0.29) is 31.8 Å². The van der Waals surface area contributed by atoms with Crippen LogP contribution in [0.5, 0.6) is 0 Å². The Morgan fingerprint density at radius 3 is 2.67 bits per heavy atom. The molecule has 1 aliphatic heterocycles. The summed E-state index contributed by atoms with van der Waals surface area (Å²) >= 11 is 3.38. The maximum atomic E-state index is 13.1. The number of nitrogens with zero attached hydrogens (tertiary/aromatic N) is 2. The van der Waals surface area contributed by atoms with E-state index in [2.05, 4.69) is 20.9 Å². The molecular formula is C15H13BrF2N2O. The zero-order chi connectivity index (χ0) is 15.0. The van der Waals surface area contributed by atoms with Crippen LogP contribution >= 0.6 is 15.9 Å². The molecule has 3 nitrogen and oxygen atoms in total. The van der Waals surface area contributed by atoms with E-state index >= 15 is 0 Å². The Labute approximate surface area is 129 Å². The number of carbonyl (C=O) groups is 1. The third kappa shape index (κ3) is 3.05. The highest BCUT2D eigenvalue weighted by Gasteiger charge is 2.35. The Hall–Kier alpha value is -1.56. The molecular weight excluding hydrogens is 342 g/mol. The third-order valence-electron chi connectivity index (χ3n) is 3.67. The van der Waals surface area contributed by atoms with Crippen LogP contribution in [0.4, 0.5) is 8.78 Å². The zero-order valence-electron chi connectivity index (χ0n) is 11.2. The van der Waals surface area contributed by atoms with Crippen molar-refractivity contribution in [3.8, 4) is 0 Å². The number of likely N-dealkylation sites (tertiary alicyclic amines) is 1. The number of aromatic nitrogens is 1. The number of pyridine rings is 1. The lowest BCUT2D eigenvalue weighted by molar-refractivity contribution is -0.0494. The second kappa shape index (κ2) is 5.33. The number of piperidine rings is 1. The van der Waals surface area contributed by atoms with E-state index in [1.54, 1.807) is 6.07 Å². The SMILES string of the molecule is O=C(c1cnc2ccc(Br)cc2c1)N1CCC(F)(F)CC1. The molecule has 1 aromatic heterocycles. The van der Waals surface area contributed by atoms with Crippen LogP contribution in [0, 0.1) is 0 Å². The highest BCUT2D eigenvalue weighted by Crippen LogP contribution is 2.28. The van der Waals surface area contributed by atoms with Gasteiger partial charge in [0.2, 0.25) is 0 Å². The number of fused-ring (bicyclic) bond motifs is 1. The summed E-state index contributed by atoms with van der Waals surface area (Å²) < 4.78 is 27.2. The molecule has 6 heteroatoms. The molecule has 1 fully saturated rings. The number of rotatable bonds is 1. The standard InChI is InChI=1S/C15H13BrF2N2O/c16-12-1-2-13-10(8-12)7-11(9-19-13)14(21)20-5-3-15(17,18)4-6-20/h1-2,7-9H,3-6H2. The van der Waals surface area contributed by atoms with Gasteiger partial charge in [-0.3, -0.25) is 9.78 Å². The number of halogens is 3. The van der Waals surface area contributed by atoms with Gasteiger partial charge in [0.05, 0.1) is 11.1 Å². The summed E-state index contributed by atoms with van der Waals surface area (Å²) in [4.78, 5) is 18.1. The maximum absolute atomic E-state index is 13.1. The molecule has 21 heavy (non-hydrogen) atoms. The molecule has 0 unspecified atom stereocenters. The fraction of sp³-hybridized carbons (Fsp3) is 0.333. The van der Waals surface area contributed by atoms with Crippen LogP contribution in [-0.2, 0) is 0 Å². The Balaban J connectivity index is 1.85. The van der Waals surface area contributed by atoms with E-state index in [0.29, 0.717) is 5.56 Å². The third-order valence-corrected chi connectivity index (χ3v) is 4.17. The van der Waals surface area contributed by atoms with Gasteiger partial charge < -0.3 is 4.90 Å². The lowest BCUT2D eigenvalue weighted by Crippen LogP contribution is -2.42. The molecule has 110 valence electrons. The molecule has 0 bridgehead atoms. The minimum Gasteiger partial charge on any atom is -0.338 e. The van der Waals surface area contributed by atoms with E-state index in [0.717, 1.165) is 15.4 Å². The molecule has 1 amide bonds. The van der Waals surface area contributed by atoms with Gasteiger partial charge in [-0.05, 0) is 24.3 Å². The second-order valence-corrected chi connectivity index (χ2v) is 6.12. The highest BCUT2D eigenvalue weighted by atomic mass is 79.9. The van der Waals surface area contributed by atoms with E-state index < -0.39 is 5.92 Å². The van der Waals surface area contributed by atoms with Crippen molar-refractivity contribution in [2.45, 2.75) is 18.8 Å². The minimum absolute atomic E-state index is 0.0857. The van der Waals surface area contributed by atoms with Crippen LogP contribution in [0.25, 0.3) is 10.9 Å². The van der Waals surface area contributed by atoms with E-state index in [4.69, 9.17) is 0 Å². The Morgan fingerprint density at radius 1 is 1.24 bits per heavy atom. The first-order valence-electron chi connectivity index (χ1n) is 6.67. The van der Waals surface area contributed by atoms with Crippen molar-refractivity contribution in [1.29, 1.82) is 0 Å². The summed E-state index contributed by atoms with van der Waals surface area (Å²) in [6.07, 6.45) is 0.960. The van der Waals surface area contributed by atoms with Gasteiger partial charge >= 0.3 is 0 Å². The average molecular weight is 355 g/mol. The normalized spacial score (nSPS) is 18.0. The number of alkyl halides is 2. The largest absolute Gasteiger partial charge is 0.338 e. The van der Waals surface area contributed by atoms with Gasteiger partial charge in [-0.1, -0.05) is 15.9 Å². The summed E-state index contributed by atoms with van der Waals surface area (Å²) in [7, 11) is 0. The van der Waals surface area contributed by atoms with Crippen molar-refractivity contribution in [3.63, 3.8) is 0 Å². The zero-order valence-corrected chi connectivity index (χ0v) is 12.7. The molecule has 1 aliphatic rings. The summed E-state index contributed by atoms with van der Waals surface area (Å²) in [6, 6.07) is 7.37. The minimum atomic E-state index is -2.65. The fourth-order valence-electron chi connectivity index (χ4n) is 2.44. The van der Waals surface area contributed by atoms with Crippen molar-refractivity contribution in [2.75, 3.05) is 13.1 Å². The molecule has 1 saturated heterocycles. The molecule has 0 saturated carbocycles. The lowest BCUT2D eigenvalue weighted by Gasteiger charge is -2.31. The molecule has 3 rings (SSSR count). The number of benzene rings is 1.